The maximum absolute atomic E-state index is 12.0. The number of nitrogens with zero attached hydrogens (tertiary/aromatic N) is 4. The zero-order chi connectivity index (χ0) is 21.4. The number of likely N-dealkylation sites (tertiary alicyclic amines) is 1. The van der Waals surface area contributed by atoms with Gasteiger partial charge in [-0.2, -0.15) is 0 Å². The number of amides is 1. The first kappa shape index (κ1) is 20.2. The first-order valence-electron chi connectivity index (χ1n) is 9.72. The van der Waals surface area contributed by atoms with E-state index < -0.39 is 0 Å². The van der Waals surface area contributed by atoms with Gasteiger partial charge in [-0.25, -0.2) is 9.78 Å². The summed E-state index contributed by atoms with van der Waals surface area (Å²) in [5, 5.41) is 3.46. The Balaban J connectivity index is 1.40. The number of pyridine rings is 1. The first-order valence-corrected chi connectivity index (χ1v) is 10.1. The Morgan fingerprint density at radius 2 is 2.10 bits per heavy atom. The Morgan fingerprint density at radius 3 is 2.77 bits per heavy atom. The van der Waals surface area contributed by atoms with Gasteiger partial charge in [0.1, 0.15) is 10.3 Å². The maximum atomic E-state index is 12.0. The molecule has 3 aromatic rings. The number of hydrogen-bond acceptors (Lipinski definition) is 6. The molecule has 0 spiro atoms. The average Bonchev–Trinajstić information content (AvgIpc) is 2.73. The molecule has 1 saturated heterocycles. The van der Waals surface area contributed by atoms with Crippen molar-refractivity contribution in [1.82, 2.24) is 24.8 Å². The molecular formula is C21H24N6O2S. The second kappa shape index (κ2) is 8.00. The van der Waals surface area contributed by atoms with Crippen LogP contribution in [-0.4, -0.2) is 58.6 Å². The quantitative estimate of drug-likeness (QED) is 0.606. The summed E-state index contributed by atoms with van der Waals surface area (Å²) in [6, 6.07) is 10.1. The average molecular weight is 425 g/mol. The van der Waals surface area contributed by atoms with Crippen LogP contribution in [0.4, 0.5) is 5.69 Å². The molecule has 2 aromatic heterocycles. The van der Waals surface area contributed by atoms with Crippen LogP contribution in [-0.2, 0) is 13.6 Å². The number of aromatic nitrogens is 3. The lowest BCUT2D eigenvalue weighted by molar-refractivity contribution is 0.0958. The number of anilines is 1. The monoisotopic (exact) mass is 424 g/mol. The molecule has 1 aliphatic rings. The van der Waals surface area contributed by atoms with Crippen LogP contribution in [0.1, 0.15) is 16.1 Å². The van der Waals surface area contributed by atoms with E-state index >= 15 is 0 Å². The molecule has 4 rings (SSSR count). The maximum Gasteiger partial charge on any atom is 0.326 e. The van der Waals surface area contributed by atoms with Crippen molar-refractivity contribution >= 4 is 34.7 Å². The zero-order valence-electron chi connectivity index (χ0n) is 17.2. The van der Waals surface area contributed by atoms with E-state index in [0.717, 1.165) is 41.8 Å². The van der Waals surface area contributed by atoms with E-state index in [1.54, 1.807) is 26.4 Å². The van der Waals surface area contributed by atoms with E-state index in [1.807, 2.05) is 25.2 Å². The van der Waals surface area contributed by atoms with E-state index in [-0.39, 0.29) is 11.6 Å². The fourth-order valence-corrected chi connectivity index (χ4v) is 3.96. The van der Waals surface area contributed by atoms with Crippen molar-refractivity contribution in [2.24, 2.45) is 7.05 Å². The highest BCUT2D eigenvalue weighted by molar-refractivity contribution is 7.71. The number of carbonyl (C=O) groups is 1. The van der Waals surface area contributed by atoms with Crippen molar-refractivity contribution in [3.8, 4) is 0 Å². The minimum atomic E-state index is -0.202. The second-order valence-electron chi connectivity index (χ2n) is 7.61. The molecule has 1 fully saturated rings. The van der Waals surface area contributed by atoms with Crippen LogP contribution < -0.4 is 15.9 Å². The molecule has 0 bridgehead atoms. The van der Waals surface area contributed by atoms with Crippen molar-refractivity contribution in [3.05, 3.63) is 62.9 Å². The third kappa shape index (κ3) is 3.73. The lowest BCUT2D eigenvalue weighted by atomic mass is 10.0. The number of carbonyl (C=O) groups excluding carboxylic acids is 1. The first-order chi connectivity index (χ1) is 14.4. The molecule has 0 unspecified atom stereocenters. The molecule has 30 heavy (non-hydrogen) atoms. The third-order valence-electron chi connectivity index (χ3n) is 5.67. The van der Waals surface area contributed by atoms with Crippen LogP contribution in [0, 0.1) is 4.64 Å². The molecule has 1 aromatic carbocycles. The molecule has 1 amide bonds. The summed E-state index contributed by atoms with van der Waals surface area (Å²) in [4.78, 5) is 35.3. The molecule has 2 N–H and O–H groups in total. The third-order valence-corrected chi connectivity index (χ3v) is 6.17. The summed E-state index contributed by atoms with van der Waals surface area (Å²) in [7, 11) is 5.31. The van der Waals surface area contributed by atoms with Crippen molar-refractivity contribution < 1.29 is 4.79 Å². The summed E-state index contributed by atoms with van der Waals surface area (Å²) >= 11 is 5.37. The molecule has 8 nitrogen and oxygen atoms in total. The molecule has 0 atom stereocenters. The second-order valence-corrected chi connectivity index (χ2v) is 8.00. The SMILES string of the molecule is CNC(=O)c1ccc(N(C)C2CN(Cc3ccc4c(=S)n(C)c(=O)[nH]c4c3)C2)cn1. The zero-order valence-corrected chi connectivity index (χ0v) is 18.0. The normalized spacial score (nSPS) is 14.5. The number of aromatic amines is 1. The fourth-order valence-electron chi connectivity index (χ4n) is 3.69. The minimum Gasteiger partial charge on any atom is -0.368 e. The van der Waals surface area contributed by atoms with Gasteiger partial charge in [-0.15, -0.1) is 0 Å². The predicted octanol–water partition coefficient (Wildman–Crippen LogP) is 1.67. The Labute approximate surface area is 179 Å². The summed E-state index contributed by atoms with van der Waals surface area (Å²) in [6.45, 7) is 2.67. The van der Waals surface area contributed by atoms with Crippen molar-refractivity contribution in [2.45, 2.75) is 12.6 Å². The highest BCUT2D eigenvalue weighted by atomic mass is 32.1. The van der Waals surface area contributed by atoms with Gasteiger partial charge in [0, 0.05) is 46.2 Å². The number of benzene rings is 1. The van der Waals surface area contributed by atoms with Gasteiger partial charge < -0.3 is 15.2 Å². The Morgan fingerprint density at radius 1 is 1.33 bits per heavy atom. The fraction of sp³-hybridized carbons (Fsp3) is 0.333. The number of hydrogen-bond donors (Lipinski definition) is 2. The van der Waals surface area contributed by atoms with Crippen molar-refractivity contribution in [2.75, 3.05) is 32.1 Å². The molecular weight excluding hydrogens is 400 g/mol. The van der Waals surface area contributed by atoms with Crippen LogP contribution in [0.25, 0.3) is 10.9 Å². The van der Waals surface area contributed by atoms with Gasteiger partial charge >= 0.3 is 5.69 Å². The lowest BCUT2D eigenvalue weighted by Gasteiger charge is -2.45. The van der Waals surface area contributed by atoms with Crippen LogP contribution >= 0.6 is 12.2 Å². The van der Waals surface area contributed by atoms with Gasteiger partial charge in [0.05, 0.1) is 23.4 Å². The molecule has 0 radical (unpaired) electrons. The number of H-pyrrole nitrogens is 1. The number of fused-ring (bicyclic) bond motifs is 1. The molecule has 3 heterocycles. The van der Waals surface area contributed by atoms with Gasteiger partial charge in [-0.3, -0.25) is 14.3 Å². The molecule has 0 aliphatic carbocycles. The minimum absolute atomic E-state index is 0.187. The number of nitrogens with one attached hydrogen (secondary N) is 2. The summed E-state index contributed by atoms with van der Waals surface area (Å²) in [6.07, 6.45) is 1.74. The van der Waals surface area contributed by atoms with E-state index in [2.05, 4.69) is 31.2 Å². The van der Waals surface area contributed by atoms with Crippen LogP contribution in [0.5, 0.6) is 0 Å². The molecule has 9 heteroatoms. The highest BCUT2D eigenvalue weighted by Gasteiger charge is 2.30. The van der Waals surface area contributed by atoms with Gasteiger partial charge in [0.2, 0.25) is 0 Å². The van der Waals surface area contributed by atoms with E-state index in [1.165, 1.54) is 4.57 Å². The lowest BCUT2D eigenvalue weighted by Crippen LogP contribution is -2.58. The standard InChI is InChI=1S/C21H24N6O2S/c1-22-19(28)17-7-5-14(9-23-17)25(2)15-11-27(12-15)10-13-4-6-16-18(8-13)24-21(29)26(3)20(16)30/h4-9,15H,10-12H2,1-3H3,(H,22,28)(H,24,29). The number of likely N-dealkylation sites (N-methyl/N-ethyl adjacent to an activating group) is 1. The Hall–Kier alpha value is -3.04. The van der Waals surface area contributed by atoms with Gasteiger partial charge in [-0.1, -0.05) is 18.3 Å². The summed E-state index contributed by atoms with van der Waals surface area (Å²) in [5.74, 6) is -0.187. The number of rotatable bonds is 5. The van der Waals surface area contributed by atoms with Gasteiger partial charge in [0.15, 0.2) is 0 Å². The van der Waals surface area contributed by atoms with E-state index in [4.69, 9.17) is 12.2 Å². The van der Waals surface area contributed by atoms with Gasteiger partial charge in [-0.05, 0) is 29.8 Å². The smallest absolute Gasteiger partial charge is 0.326 e. The highest BCUT2D eigenvalue weighted by Crippen LogP contribution is 2.23. The predicted molar refractivity (Wildman–Crippen MR) is 119 cm³/mol. The molecule has 0 saturated carbocycles. The Bertz CT molecular complexity index is 1210. The van der Waals surface area contributed by atoms with E-state index in [0.29, 0.717) is 16.4 Å². The summed E-state index contributed by atoms with van der Waals surface area (Å²) in [5.41, 5.74) is 3.11. The van der Waals surface area contributed by atoms with E-state index in [9.17, 15) is 9.59 Å². The van der Waals surface area contributed by atoms with Crippen LogP contribution in [0.2, 0.25) is 0 Å². The topological polar surface area (TPSA) is 86.3 Å². The Kier molecular flexibility index (Phi) is 5.40. The van der Waals surface area contributed by atoms with Crippen LogP contribution in [0.15, 0.2) is 41.3 Å². The van der Waals surface area contributed by atoms with Crippen LogP contribution in [0.3, 0.4) is 0 Å². The summed E-state index contributed by atoms with van der Waals surface area (Å²) < 4.78 is 1.99. The van der Waals surface area contributed by atoms with Crippen molar-refractivity contribution in [3.63, 3.8) is 0 Å². The largest absolute Gasteiger partial charge is 0.368 e. The van der Waals surface area contributed by atoms with Gasteiger partial charge in [0.25, 0.3) is 5.91 Å². The molecule has 1 aliphatic heterocycles. The molecule has 156 valence electrons. The van der Waals surface area contributed by atoms with Crippen molar-refractivity contribution in [1.29, 1.82) is 0 Å².